The van der Waals surface area contributed by atoms with E-state index in [1.54, 1.807) is 19.0 Å². The number of urea groups is 1. The fraction of sp³-hybridized carbons (Fsp3) is 0.476. The number of nitrogens with zero attached hydrogens (tertiary/aromatic N) is 4. The van der Waals surface area contributed by atoms with Crippen LogP contribution in [-0.2, 0) is 30.8 Å². The number of para-hydroxylation sites is 1. The molecule has 1 aromatic carbocycles. The lowest BCUT2D eigenvalue weighted by molar-refractivity contribution is -0.126. The number of carbonyl (C=O) groups excluding carboxylic acids is 2. The molecule has 1 atom stereocenters. The summed E-state index contributed by atoms with van der Waals surface area (Å²) in [4.78, 5) is 28.3. The van der Waals surface area contributed by atoms with Gasteiger partial charge in [-0.15, -0.1) is 0 Å². The molecule has 29 heavy (non-hydrogen) atoms. The summed E-state index contributed by atoms with van der Waals surface area (Å²) in [7, 11) is 3.53. The second kappa shape index (κ2) is 8.14. The van der Waals surface area contributed by atoms with Gasteiger partial charge in [-0.2, -0.15) is 5.10 Å². The standard InChI is InChI=1S/C21H27N5O3/c1-24(2)21(28)25-8-5-9-26-18(13-25)11-17(23-26)12-22-20(27)16-10-15-6-3-4-7-19(15)29-14-16/h3-4,6-7,11,16H,5,8-10,12-14H2,1-2H3,(H,22,27)/t16-/m0/s1. The van der Waals surface area contributed by atoms with Crippen molar-refractivity contribution in [3.63, 3.8) is 0 Å². The highest BCUT2D eigenvalue weighted by molar-refractivity contribution is 5.79. The van der Waals surface area contributed by atoms with Crippen molar-refractivity contribution in [1.29, 1.82) is 0 Å². The van der Waals surface area contributed by atoms with Crippen molar-refractivity contribution in [2.24, 2.45) is 5.92 Å². The van der Waals surface area contributed by atoms with Crippen LogP contribution in [0.1, 0.15) is 23.4 Å². The molecule has 154 valence electrons. The lowest BCUT2D eigenvalue weighted by Gasteiger charge is -2.24. The zero-order valence-electron chi connectivity index (χ0n) is 16.9. The number of aryl methyl sites for hydroxylation is 1. The normalized spacial score (nSPS) is 18.1. The van der Waals surface area contributed by atoms with Gasteiger partial charge in [0.15, 0.2) is 0 Å². The number of amides is 3. The fourth-order valence-electron chi connectivity index (χ4n) is 3.87. The summed E-state index contributed by atoms with van der Waals surface area (Å²) in [6, 6.07) is 9.83. The maximum atomic E-state index is 12.6. The number of rotatable bonds is 3. The highest BCUT2D eigenvalue weighted by Crippen LogP contribution is 2.26. The molecule has 8 heteroatoms. The average Bonchev–Trinajstić information content (AvgIpc) is 3.01. The minimum absolute atomic E-state index is 0.00656. The molecule has 2 aromatic rings. The lowest BCUT2D eigenvalue weighted by atomic mass is 9.96. The molecule has 2 aliphatic heterocycles. The van der Waals surface area contributed by atoms with Crippen LogP contribution in [-0.4, -0.2) is 58.8 Å². The summed E-state index contributed by atoms with van der Waals surface area (Å²) in [6.45, 7) is 2.79. The summed E-state index contributed by atoms with van der Waals surface area (Å²) >= 11 is 0. The quantitative estimate of drug-likeness (QED) is 0.854. The Bertz CT molecular complexity index is 907. The van der Waals surface area contributed by atoms with Gasteiger partial charge in [-0.1, -0.05) is 18.2 Å². The third-order valence-electron chi connectivity index (χ3n) is 5.41. The van der Waals surface area contributed by atoms with Crippen LogP contribution in [0, 0.1) is 5.92 Å². The highest BCUT2D eigenvalue weighted by Gasteiger charge is 2.26. The van der Waals surface area contributed by atoms with Gasteiger partial charge in [0.1, 0.15) is 12.4 Å². The van der Waals surface area contributed by atoms with Gasteiger partial charge in [0.25, 0.3) is 0 Å². The Labute approximate surface area is 170 Å². The van der Waals surface area contributed by atoms with Crippen molar-refractivity contribution in [1.82, 2.24) is 24.9 Å². The minimum atomic E-state index is -0.196. The first-order valence-corrected chi connectivity index (χ1v) is 10.0. The first-order valence-electron chi connectivity index (χ1n) is 10.0. The van der Waals surface area contributed by atoms with E-state index in [2.05, 4.69) is 10.4 Å². The Morgan fingerprint density at radius 3 is 2.93 bits per heavy atom. The van der Waals surface area contributed by atoms with Crippen LogP contribution in [0.15, 0.2) is 30.3 Å². The molecule has 0 saturated heterocycles. The van der Waals surface area contributed by atoms with Crippen molar-refractivity contribution in [3.05, 3.63) is 47.3 Å². The van der Waals surface area contributed by atoms with E-state index in [4.69, 9.17) is 4.74 Å². The zero-order valence-corrected chi connectivity index (χ0v) is 16.9. The number of hydrogen-bond acceptors (Lipinski definition) is 4. The molecule has 2 aliphatic rings. The van der Waals surface area contributed by atoms with Crippen molar-refractivity contribution in [2.45, 2.75) is 32.5 Å². The summed E-state index contributed by atoms with van der Waals surface area (Å²) in [5.41, 5.74) is 2.87. The van der Waals surface area contributed by atoms with Crippen LogP contribution < -0.4 is 10.1 Å². The summed E-state index contributed by atoms with van der Waals surface area (Å²) in [5, 5.41) is 7.61. The van der Waals surface area contributed by atoms with Crippen LogP contribution in [0.4, 0.5) is 4.79 Å². The molecule has 0 bridgehead atoms. The Morgan fingerprint density at radius 1 is 1.28 bits per heavy atom. The lowest BCUT2D eigenvalue weighted by Crippen LogP contribution is -2.38. The second-order valence-corrected chi connectivity index (χ2v) is 7.84. The van der Waals surface area contributed by atoms with Gasteiger partial charge in [-0.05, 0) is 30.5 Å². The number of aromatic nitrogens is 2. The van der Waals surface area contributed by atoms with E-state index in [9.17, 15) is 9.59 Å². The first-order chi connectivity index (χ1) is 14.0. The Balaban J connectivity index is 1.36. The monoisotopic (exact) mass is 397 g/mol. The van der Waals surface area contributed by atoms with Crippen LogP contribution in [0.25, 0.3) is 0 Å². The molecule has 0 spiro atoms. The van der Waals surface area contributed by atoms with Crippen molar-refractivity contribution >= 4 is 11.9 Å². The molecule has 3 amide bonds. The third kappa shape index (κ3) is 4.21. The van der Waals surface area contributed by atoms with Gasteiger partial charge < -0.3 is 19.9 Å². The molecule has 0 aliphatic carbocycles. The maximum absolute atomic E-state index is 12.6. The van der Waals surface area contributed by atoms with E-state index in [0.717, 1.165) is 42.2 Å². The van der Waals surface area contributed by atoms with E-state index < -0.39 is 0 Å². The number of ether oxygens (including phenoxy) is 1. The average molecular weight is 397 g/mol. The van der Waals surface area contributed by atoms with Gasteiger partial charge in [0.05, 0.1) is 30.4 Å². The van der Waals surface area contributed by atoms with Crippen molar-refractivity contribution in [3.8, 4) is 5.75 Å². The SMILES string of the molecule is CN(C)C(=O)N1CCCn2nc(CNC(=O)[C@@H]3COc4ccccc4C3)cc2C1. The molecule has 8 nitrogen and oxygen atoms in total. The van der Waals surface area contributed by atoms with Crippen molar-refractivity contribution < 1.29 is 14.3 Å². The predicted octanol–water partition coefficient (Wildman–Crippen LogP) is 1.64. The van der Waals surface area contributed by atoms with Gasteiger partial charge in [-0.3, -0.25) is 9.48 Å². The van der Waals surface area contributed by atoms with Gasteiger partial charge in [-0.25, -0.2) is 4.79 Å². The minimum Gasteiger partial charge on any atom is -0.492 e. The first kappa shape index (κ1) is 19.3. The fourth-order valence-corrected chi connectivity index (χ4v) is 3.87. The summed E-state index contributed by atoms with van der Waals surface area (Å²) in [6.07, 6.45) is 1.54. The number of hydrogen-bond donors (Lipinski definition) is 1. The number of carbonyl (C=O) groups is 2. The molecule has 3 heterocycles. The Kier molecular flexibility index (Phi) is 5.42. The van der Waals surface area contributed by atoms with Crippen LogP contribution in [0.2, 0.25) is 0 Å². The maximum Gasteiger partial charge on any atom is 0.319 e. The second-order valence-electron chi connectivity index (χ2n) is 7.84. The van der Waals surface area contributed by atoms with Crippen LogP contribution in [0.3, 0.4) is 0 Å². The van der Waals surface area contributed by atoms with Gasteiger partial charge >= 0.3 is 6.03 Å². The molecule has 1 aromatic heterocycles. The number of benzene rings is 1. The van der Waals surface area contributed by atoms with E-state index in [1.807, 2.05) is 39.9 Å². The topological polar surface area (TPSA) is 79.7 Å². The molecule has 0 fully saturated rings. The Morgan fingerprint density at radius 2 is 2.10 bits per heavy atom. The summed E-state index contributed by atoms with van der Waals surface area (Å²) < 4.78 is 7.67. The zero-order chi connectivity index (χ0) is 20.4. The van der Waals surface area contributed by atoms with E-state index in [-0.39, 0.29) is 17.9 Å². The molecule has 0 saturated carbocycles. The number of fused-ring (bicyclic) bond motifs is 2. The van der Waals surface area contributed by atoms with Gasteiger partial charge in [0, 0.05) is 27.2 Å². The molecule has 4 rings (SSSR count). The van der Waals surface area contributed by atoms with Crippen molar-refractivity contribution in [2.75, 3.05) is 27.2 Å². The molecular formula is C21H27N5O3. The van der Waals surface area contributed by atoms with Gasteiger partial charge in [0.2, 0.25) is 5.91 Å². The van der Waals surface area contributed by atoms with E-state index in [1.165, 1.54) is 0 Å². The molecule has 0 radical (unpaired) electrons. The predicted molar refractivity (Wildman–Crippen MR) is 107 cm³/mol. The smallest absolute Gasteiger partial charge is 0.319 e. The molecular weight excluding hydrogens is 370 g/mol. The molecule has 1 N–H and O–H groups in total. The van der Waals surface area contributed by atoms with Crippen LogP contribution >= 0.6 is 0 Å². The largest absolute Gasteiger partial charge is 0.492 e. The van der Waals surface area contributed by atoms with Crippen LogP contribution in [0.5, 0.6) is 5.75 Å². The number of nitrogens with one attached hydrogen (secondary N) is 1. The Hall–Kier alpha value is -3.03. The third-order valence-corrected chi connectivity index (χ3v) is 5.41. The van der Waals surface area contributed by atoms with E-state index >= 15 is 0 Å². The molecule has 0 unspecified atom stereocenters. The highest BCUT2D eigenvalue weighted by atomic mass is 16.5. The summed E-state index contributed by atoms with van der Waals surface area (Å²) in [5.74, 6) is 0.650. The van der Waals surface area contributed by atoms with E-state index in [0.29, 0.717) is 26.1 Å².